The van der Waals surface area contributed by atoms with Crippen molar-refractivity contribution in [3.05, 3.63) is 30.9 Å². The highest BCUT2D eigenvalue weighted by molar-refractivity contribution is 7.89. The van der Waals surface area contributed by atoms with Gasteiger partial charge in [0, 0.05) is 50.4 Å². The minimum atomic E-state index is -3.26. The average molecular weight is 352 g/mol. The Morgan fingerprint density at radius 1 is 1.42 bits per heavy atom. The van der Waals surface area contributed by atoms with Gasteiger partial charge in [0.15, 0.2) is 0 Å². The van der Waals surface area contributed by atoms with Crippen LogP contribution < -0.4 is 0 Å². The Morgan fingerprint density at radius 3 is 2.96 bits per heavy atom. The summed E-state index contributed by atoms with van der Waals surface area (Å²) in [6.45, 7) is 5.17. The third kappa shape index (κ3) is 3.54. The number of carbonyl (C=O) groups excluding carboxylic acids is 1. The maximum absolute atomic E-state index is 12.3. The molecule has 1 amide bonds. The molecule has 0 radical (unpaired) electrons. The Balaban J connectivity index is 1.66. The highest BCUT2D eigenvalue weighted by Gasteiger charge is 2.41. The van der Waals surface area contributed by atoms with E-state index in [4.69, 9.17) is 0 Å². The van der Waals surface area contributed by atoms with Crippen LogP contribution in [0.25, 0.3) is 0 Å². The molecular formula is C16H24N4O3S. The number of aromatic amines is 1. The average Bonchev–Trinajstić information content (AvgIpc) is 3.07. The minimum Gasteiger partial charge on any atom is -0.348 e. The van der Waals surface area contributed by atoms with Crippen LogP contribution in [0.4, 0.5) is 0 Å². The molecule has 1 aromatic rings. The lowest BCUT2D eigenvalue weighted by molar-refractivity contribution is -0.140. The minimum absolute atomic E-state index is 0.0210. The van der Waals surface area contributed by atoms with Crippen molar-refractivity contribution in [3.63, 3.8) is 0 Å². The molecule has 0 spiro atoms. The molecule has 1 aromatic heterocycles. The number of piperidine rings is 2. The molecule has 2 aliphatic heterocycles. The summed E-state index contributed by atoms with van der Waals surface area (Å²) in [5.74, 6) is 0.378. The molecule has 0 saturated carbocycles. The number of carbonyl (C=O) groups is 1. The Bertz CT molecular complexity index is 686. The molecule has 2 atom stereocenters. The van der Waals surface area contributed by atoms with Gasteiger partial charge in [-0.25, -0.2) is 17.7 Å². The number of hydrogen-bond donors (Lipinski definition) is 1. The van der Waals surface area contributed by atoms with Crippen LogP contribution in [-0.4, -0.2) is 64.9 Å². The van der Waals surface area contributed by atoms with E-state index < -0.39 is 10.0 Å². The van der Waals surface area contributed by atoms with E-state index in [1.165, 1.54) is 6.08 Å². The summed E-state index contributed by atoms with van der Waals surface area (Å²) in [4.78, 5) is 21.4. The highest BCUT2D eigenvalue weighted by atomic mass is 32.2. The number of nitrogens with zero attached hydrogens (tertiary/aromatic N) is 3. The van der Waals surface area contributed by atoms with Crippen LogP contribution in [0.3, 0.4) is 0 Å². The van der Waals surface area contributed by atoms with Gasteiger partial charge in [0.1, 0.15) is 0 Å². The lowest BCUT2D eigenvalue weighted by Gasteiger charge is -2.46. The summed E-state index contributed by atoms with van der Waals surface area (Å²) in [5.41, 5.74) is 1.01. The van der Waals surface area contributed by atoms with Crippen molar-refractivity contribution < 1.29 is 13.2 Å². The second kappa shape index (κ2) is 7.06. The number of imidazole rings is 1. The van der Waals surface area contributed by atoms with Gasteiger partial charge >= 0.3 is 0 Å². The maximum Gasteiger partial charge on any atom is 0.222 e. The third-order valence-electron chi connectivity index (χ3n) is 5.00. The molecule has 0 unspecified atom stereocenters. The van der Waals surface area contributed by atoms with Crippen molar-refractivity contribution in [2.45, 2.75) is 31.7 Å². The quantitative estimate of drug-likeness (QED) is 0.767. The van der Waals surface area contributed by atoms with Crippen LogP contribution in [-0.2, 0) is 21.2 Å². The Kier molecular flexibility index (Phi) is 5.05. The van der Waals surface area contributed by atoms with Crippen molar-refractivity contribution in [2.75, 3.05) is 25.4 Å². The zero-order valence-corrected chi connectivity index (χ0v) is 14.5. The first-order valence-corrected chi connectivity index (χ1v) is 9.97. The van der Waals surface area contributed by atoms with Crippen molar-refractivity contribution in [2.24, 2.45) is 5.92 Å². The summed E-state index contributed by atoms with van der Waals surface area (Å²) < 4.78 is 26.1. The third-order valence-corrected chi connectivity index (χ3v) is 6.78. The molecule has 0 aliphatic carbocycles. The van der Waals surface area contributed by atoms with Crippen LogP contribution in [0, 0.1) is 5.92 Å². The first-order valence-electron chi connectivity index (χ1n) is 8.36. The molecule has 3 heterocycles. The second-order valence-electron chi connectivity index (χ2n) is 6.49. The topological polar surface area (TPSA) is 86.4 Å². The van der Waals surface area contributed by atoms with Crippen LogP contribution >= 0.6 is 0 Å². The Hall–Kier alpha value is -1.67. The van der Waals surface area contributed by atoms with Crippen molar-refractivity contribution in [3.8, 4) is 0 Å². The SMILES string of the molecule is C=CCS(=O)(=O)N1CC[C@@H]2[C@@H](CCC(=O)N2CCc2cnc[nH]2)C1. The Labute approximate surface area is 142 Å². The van der Waals surface area contributed by atoms with E-state index in [0.29, 0.717) is 32.5 Å². The zero-order valence-electron chi connectivity index (χ0n) is 13.7. The lowest BCUT2D eigenvalue weighted by atomic mass is 9.84. The number of H-pyrrole nitrogens is 1. The van der Waals surface area contributed by atoms with Gasteiger partial charge in [0.05, 0.1) is 12.1 Å². The van der Waals surface area contributed by atoms with Crippen LogP contribution in [0.1, 0.15) is 25.0 Å². The Morgan fingerprint density at radius 2 is 2.25 bits per heavy atom. The molecule has 1 N–H and O–H groups in total. The van der Waals surface area contributed by atoms with E-state index in [0.717, 1.165) is 18.5 Å². The molecule has 2 saturated heterocycles. The van der Waals surface area contributed by atoms with Crippen LogP contribution in [0.2, 0.25) is 0 Å². The standard InChI is InChI=1S/C16H24N4O3S/c1-2-9-24(22,23)19-7-6-15-13(11-19)3-4-16(21)20(15)8-5-14-10-17-12-18-14/h2,10,12-13,15H,1,3-9,11H2,(H,17,18)/t13-,15+/m0/s1. The normalized spacial score (nSPS) is 25.5. The fourth-order valence-corrected chi connectivity index (χ4v) is 5.09. The fraction of sp³-hybridized carbons (Fsp3) is 0.625. The fourth-order valence-electron chi connectivity index (χ4n) is 3.78. The van der Waals surface area contributed by atoms with Gasteiger partial charge in [-0.3, -0.25) is 4.79 Å². The van der Waals surface area contributed by atoms with E-state index in [-0.39, 0.29) is 23.6 Å². The highest BCUT2D eigenvalue weighted by Crippen LogP contribution is 2.32. The summed E-state index contributed by atoms with van der Waals surface area (Å²) >= 11 is 0. The van der Waals surface area contributed by atoms with Gasteiger partial charge in [0.2, 0.25) is 15.9 Å². The van der Waals surface area contributed by atoms with Crippen molar-refractivity contribution in [1.29, 1.82) is 0 Å². The second-order valence-corrected chi connectivity index (χ2v) is 8.51. The monoisotopic (exact) mass is 352 g/mol. The van der Waals surface area contributed by atoms with Gasteiger partial charge < -0.3 is 9.88 Å². The molecule has 24 heavy (non-hydrogen) atoms. The van der Waals surface area contributed by atoms with E-state index in [1.54, 1.807) is 16.8 Å². The van der Waals surface area contributed by atoms with Crippen LogP contribution in [0.15, 0.2) is 25.2 Å². The summed E-state index contributed by atoms with van der Waals surface area (Å²) in [7, 11) is -3.26. The number of likely N-dealkylation sites (tertiary alicyclic amines) is 1. The number of aromatic nitrogens is 2. The molecule has 2 aliphatic rings. The molecular weight excluding hydrogens is 328 g/mol. The molecule has 132 valence electrons. The predicted molar refractivity (Wildman–Crippen MR) is 90.7 cm³/mol. The van der Waals surface area contributed by atoms with Crippen molar-refractivity contribution in [1.82, 2.24) is 19.2 Å². The molecule has 0 bridgehead atoms. The molecule has 7 nitrogen and oxygen atoms in total. The number of sulfonamides is 1. The van der Waals surface area contributed by atoms with E-state index in [2.05, 4.69) is 16.5 Å². The van der Waals surface area contributed by atoms with E-state index in [9.17, 15) is 13.2 Å². The van der Waals surface area contributed by atoms with E-state index in [1.807, 2.05) is 4.90 Å². The number of fused-ring (bicyclic) bond motifs is 1. The molecule has 8 heteroatoms. The van der Waals surface area contributed by atoms with Gasteiger partial charge in [-0.2, -0.15) is 0 Å². The van der Waals surface area contributed by atoms with E-state index >= 15 is 0 Å². The molecule has 0 aromatic carbocycles. The smallest absolute Gasteiger partial charge is 0.222 e. The molecule has 2 fully saturated rings. The van der Waals surface area contributed by atoms with Crippen LogP contribution in [0.5, 0.6) is 0 Å². The molecule has 3 rings (SSSR count). The summed E-state index contributed by atoms with van der Waals surface area (Å²) in [6, 6.07) is 0.143. The lowest BCUT2D eigenvalue weighted by Crippen LogP contribution is -2.57. The first kappa shape index (κ1) is 17.2. The number of amides is 1. The number of rotatable bonds is 6. The summed E-state index contributed by atoms with van der Waals surface area (Å²) in [6.07, 6.45) is 7.56. The predicted octanol–water partition coefficient (Wildman–Crippen LogP) is 0.781. The van der Waals surface area contributed by atoms with Gasteiger partial charge in [-0.1, -0.05) is 6.08 Å². The maximum atomic E-state index is 12.3. The number of nitrogens with one attached hydrogen (secondary N) is 1. The largest absolute Gasteiger partial charge is 0.348 e. The van der Waals surface area contributed by atoms with Crippen molar-refractivity contribution >= 4 is 15.9 Å². The van der Waals surface area contributed by atoms with Gasteiger partial charge in [-0.15, -0.1) is 6.58 Å². The first-order chi connectivity index (χ1) is 11.5. The van der Waals surface area contributed by atoms with Gasteiger partial charge in [-0.05, 0) is 18.8 Å². The number of hydrogen-bond acceptors (Lipinski definition) is 4. The summed E-state index contributed by atoms with van der Waals surface area (Å²) in [5, 5.41) is 0. The zero-order chi connectivity index (χ0) is 17.2. The van der Waals surface area contributed by atoms with Gasteiger partial charge in [0.25, 0.3) is 0 Å².